The number of hydrogen-bond acceptors (Lipinski definition) is 6. The molecule has 0 atom stereocenters. The lowest BCUT2D eigenvalue weighted by molar-refractivity contribution is -0.115. The smallest absolute Gasteiger partial charge is 0.230 e. The molecule has 1 aliphatic heterocycles. The van der Waals surface area contributed by atoms with Gasteiger partial charge in [-0.2, -0.15) is 0 Å². The van der Waals surface area contributed by atoms with Crippen LogP contribution in [0.5, 0.6) is 0 Å². The van der Waals surface area contributed by atoms with Gasteiger partial charge in [-0.15, -0.1) is 11.3 Å². The number of fused-ring (bicyclic) bond motifs is 1. The van der Waals surface area contributed by atoms with E-state index in [1.54, 1.807) is 6.07 Å². The third-order valence-corrected chi connectivity index (χ3v) is 6.29. The van der Waals surface area contributed by atoms with Crippen LogP contribution in [0.2, 0.25) is 5.02 Å². The van der Waals surface area contributed by atoms with E-state index >= 15 is 0 Å². The van der Waals surface area contributed by atoms with Crippen LogP contribution < -0.4 is 10.2 Å². The number of aliphatic hydroxyl groups excluding tert-OH is 1. The van der Waals surface area contributed by atoms with Gasteiger partial charge in [0.2, 0.25) is 5.91 Å². The number of carbonyl (C=O) groups excluding carboxylic acids is 1. The summed E-state index contributed by atoms with van der Waals surface area (Å²) in [7, 11) is 2.00. The number of anilines is 2. The summed E-state index contributed by atoms with van der Waals surface area (Å²) in [6, 6.07) is 11.5. The molecule has 1 aromatic heterocycles. The number of halogens is 1. The molecule has 4 rings (SSSR count). The Balaban J connectivity index is 1.76. The molecular weight excluding hydrogens is 432 g/mol. The predicted octanol–water partition coefficient (Wildman–Crippen LogP) is 5.27. The molecule has 2 aromatic carbocycles. The van der Waals surface area contributed by atoms with Gasteiger partial charge < -0.3 is 15.3 Å². The molecule has 8 heteroatoms. The van der Waals surface area contributed by atoms with Crippen LogP contribution >= 0.6 is 22.9 Å². The van der Waals surface area contributed by atoms with E-state index in [0.29, 0.717) is 27.8 Å². The van der Waals surface area contributed by atoms with Crippen molar-refractivity contribution >= 4 is 51.6 Å². The van der Waals surface area contributed by atoms with Crippen LogP contribution in [0.15, 0.2) is 46.8 Å². The van der Waals surface area contributed by atoms with Gasteiger partial charge >= 0.3 is 0 Å². The molecule has 31 heavy (non-hydrogen) atoms. The third-order valence-electron chi connectivity index (χ3n) is 5.05. The van der Waals surface area contributed by atoms with Crippen molar-refractivity contribution in [3.8, 4) is 10.6 Å². The fraction of sp³-hybridized carbons (Fsp3) is 0.261. The summed E-state index contributed by atoms with van der Waals surface area (Å²) in [5.41, 5.74) is 5.30. The monoisotopic (exact) mass is 454 g/mol. The fourth-order valence-corrected chi connectivity index (χ4v) is 4.65. The number of aromatic nitrogens is 1. The highest BCUT2D eigenvalue weighted by Gasteiger charge is 2.20. The van der Waals surface area contributed by atoms with E-state index in [2.05, 4.69) is 22.1 Å². The molecule has 0 saturated heterocycles. The molecule has 160 valence electrons. The molecule has 0 spiro atoms. The Hall–Kier alpha value is -2.74. The third kappa shape index (κ3) is 4.63. The molecule has 0 bridgehead atoms. The van der Waals surface area contributed by atoms with Crippen molar-refractivity contribution in [2.24, 2.45) is 4.99 Å². The summed E-state index contributed by atoms with van der Waals surface area (Å²) < 4.78 is 0. The highest BCUT2D eigenvalue weighted by Crippen LogP contribution is 2.38. The Kier molecular flexibility index (Phi) is 6.36. The SMILES string of the molecule is CCCN(C)c1cc2c(cc1Cl)NC(=O)CC(c1cccc(-c3nc(CO)cs3)c1)=N2. The lowest BCUT2D eigenvalue weighted by atomic mass is 10.0. The molecule has 0 aliphatic carbocycles. The molecule has 0 fully saturated rings. The second kappa shape index (κ2) is 9.18. The van der Waals surface area contributed by atoms with Gasteiger partial charge in [0, 0.05) is 24.5 Å². The maximum atomic E-state index is 12.6. The van der Waals surface area contributed by atoms with Crippen LogP contribution in [0, 0.1) is 0 Å². The number of aliphatic hydroxyl groups is 1. The summed E-state index contributed by atoms with van der Waals surface area (Å²) in [5, 5.41) is 15.5. The minimum absolute atomic E-state index is 0.0861. The van der Waals surface area contributed by atoms with Gasteiger partial charge in [0.15, 0.2) is 0 Å². The summed E-state index contributed by atoms with van der Waals surface area (Å²) in [6.45, 7) is 2.90. The van der Waals surface area contributed by atoms with Crippen LogP contribution in [0.1, 0.15) is 31.0 Å². The number of thiazole rings is 1. The van der Waals surface area contributed by atoms with Gasteiger partial charge in [-0.3, -0.25) is 9.79 Å². The Labute approximate surface area is 190 Å². The zero-order valence-corrected chi connectivity index (χ0v) is 18.9. The first-order valence-corrected chi connectivity index (χ1v) is 11.3. The number of aliphatic imine (C=N–C) groups is 1. The molecule has 0 radical (unpaired) electrons. The summed E-state index contributed by atoms with van der Waals surface area (Å²) in [4.78, 5) is 24.0. The first-order valence-electron chi connectivity index (χ1n) is 10.1. The molecule has 1 aliphatic rings. The minimum Gasteiger partial charge on any atom is -0.390 e. The van der Waals surface area contributed by atoms with E-state index in [0.717, 1.165) is 34.8 Å². The Bertz CT molecular complexity index is 1160. The maximum Gasteiger partial charge on any atom is 0.230 e. The first-order chi connectivity index (χ1) is 15.0. The number of amides is 1. The van der Waals surface area contributed by atoms with E-state index in [-0.39, 0.29) is 18.9 Å². The van der Waals surface area contributed by atoms with E-state index in [9.17, 15) is 9.90 Å². The molecule has 2 heterocycles. The van der Waals surface area contributed by atoms with Gasteiger partial charge in [0.05, 0.1) is 46.5 Å². The van der Waals surface area contributed by atoms with Crippen molar-refractivity contribution in [2.75, 3.05) is 23.8 Å². The van der Waals surface area contributed by atoms with Gasteiger partial charge in [-0.1, -0.05) is 36.7 Å². The second-order valence-corrected chi connectivity index (χ2v) is 8.67. The zero-order valence-electron chi connectivity index (χ0n) is 17.4. The van der Waals surface area contributed by atoms with Gasteiger partial charge in [0.1, 0.15) is 5.01 Å². The summed E-state index contributed by atoms with van der Waals surface area (Å²) in [5.74, 6) is -0.134. The van der Waals surface area contributed by atoms with Gasteiger partial charge in [0.25, 0.3) is 0 Å². The molecule has 2 N–H and O–H groups in total. The fourth-order valence-electron chi connectivity index (χ4n) is 3.53. The highest BCUT2D eigenvalue weighted by atomic mass is 35.5. The lowest BCUT2D eigenvalue weighted by Gasteiger charge is -2.21. The molecule has 0 unspecified atom stereocenters. The average molecular weight is 455 g/mol. The largest absolute Gasteiger partial charge is 0.390 e. The predicted molar refractivity (Wildman–Crippen MR) is 128 cm³/mol. The van der Waals surface area contributed by atoms with Crippen LogP contribution in [0.3, 0.4) is 0 Å². The number of benzene rings is 2. The average Bonchev–Trinajstić information content (AvgIpc) is 3.18. The number of nitrogens with zero attached hydrogens (tertiary/aromatic N) is 3. The van der Waals surface area contributed by atoms with E-state index in [1.807, 2.05) is 42.8 Å². The van der Waals surface area contributed by atoms with Crippen molar-refractivity contribution in [3.05, 3.63) is 58.1 Å². The van der Waals surface area contributed by atoms with Crippen LogP contribution in [-0.4, -0.2) is 35.3 Å². The van der Waals surface area contributed by atoms with Gasteiger partial charge in [-0.05, 0) is 30.2 Å². The summed E-state index contributed by atoms with van der Waals surface area (Å²) >= 11 is 7.96. The summed E-state index contributed by atoms with van der Waals surface area (Å²) in [6.07, 6.45) is 1.16. The topological polar surface area (TPSA) is 77.8 Å². The van der Waals surface area contributed by atoms with Crippen molar-refractivity contribution in [1.82, 2.24) is 4.98 Å². The van der Waals surface area contributed by atoms with Crippen molar-refractivity contribution in [1.29, 1.82) is 0 Å². The second-order valence-electron chi connectivity index (χ2n) is 7.41. The number of nitrogens with one attached hydrogen (secondary N) is 1. The normalized spacial score (nSPS) is 13.3. The molecule has 0 saturated carbocycles. The first kappa shape index (κ1) is 21.5. The Morgan fingerprint density at radius 3 is 2.81 bits per heavy atom. The number of hydrogen-bond donors (Lipinski definition) is 2. The van der Waals surface area contributed by atoms with Gasteiger partial charge in [-0.25, -0.2) is 4.98 Å². The number of rotatable bonds is 6. The van der Waals surface area contributed by atoms with Crippen molar-refractivity contribution < 1.29 is 9.90 Å². The van der Waals surface area contributed by atoms with Crippen molar-refractivity contribution in [2.45, 2.75) is 26.4 Å². The highest BCUT2D eigenvalue weighted by molar-refractivity contribution is 7.13. The molecular formula is C23H23ClN4O2S. The molecule has 1 amide bonds. The van der Waals surface area contributed by atoms with Crippen LogP contribution in [-0.2, 0) is 11.4 Å². The van der Waals surface area contributed by atoms with Crippen LogP contribution in [0.4, 0.5) is 17.1 Å². The van der Waals surface area contributed by atoms with E-state index in [4.69, 9.17) is 16.6 Å². The maximum absolute atomic E-state index is 12.6. The Morgan fingerprint density at radius 2 is 2.06 bits per heavy atom. The van der Waals surface area contributed by atoms with Crippen LogP contribution in [0.25, 0.3) is 10.6 Å². The van der Waals surface area contributed by atoms with E-state index < -0.39 is 0 Å². The van der Waals surface area contributed by atoms with Crippen molar-refractivity contribution in [3.63, 3.8) is 0 Å². The quantitative estimate of drug-likeness (QED) is 0.532. The molecule has 3 aromatic rings. The zero-order chi connectivity index (χ0) is 22.0. The molecule has 6 nitrogen and oxygen atoms in total. The minimum atomic E-state index is -0.134. The van der Waals surface area contributed by atoms with E-state index in [1.165, 1.54) is 11.3 Å². The Morgan fingerprint density at radius 1 is 1.26 bits per heavy atom. The lowest BCUT2D eigenvalue weighted by Crippen LogP contribution is -2.18. The number of carbonyl (C=O) groups is 1. The standard InChI is InChI=1S/C23H23ClN4O2S/c1-3-7-28(2)21-10-20-19(9-17(21)24)27-22(30)11-18(26-20)14-5-4-6-15(8-14)23-25-16(12-29)13-31-23/h4-6,8-10,13,29H,3,7,11-12H2,1-2H3,(H,27,30).